The quantitative estimate of drug-likeness (QED) is 0.386. The molecule has 4 rings (SSSR count). The average Bonchev–Trinajstić information content (AvgIpc) is 2.80. The summed E-state index contributed by atoms with van der Waals surface area (Å²) in [6, 6.07) is 25.5. The van der Waals surface area contributed by atoms with Crippen LogP contribution in [0.2, 0.25) is 0 Å². The first-order valence-corrected chi connectivity index (χ1v) is 12.0. The Bertz CT molecular complexity index is 1040. The van der Waals surface area contributed by atoms with Crippen LogP contribution in [-0.4, -0.2) is 24.0 Å². The van der Waals surface area contributed by atoms with E-state index in [0.717, 1.165) is 28.7 Å². The van der Waals surface area contributed by atoms with Gasteiger partial charge in [0.15, 0.2) is 0 Å². The van der Waals surface area contributed by atoms with Crippen LogP contribution >= 0.6 is 7.94 Å². The average molecular weight is 434 g/mol. The van der Waals surface area contributed by atoms with E-state index in [1.165, 1.54) is 6.08 Å². The van der Waals surface area contributed by atoms with Gasteiger partial charge in [-0.2, -0.15) is 0 Å². The fraction of sp³-hybridized carbons (Fsp3) is 0.160. The number of carbonyl (C=O) groups is 1. The minimum absolute atomic E-state index is 0.206. The first kappa shape index (κ1) is 21.4. The predicted molar refractivity (Wildman–Crippen MR) is 125 cm³/mol. The van der Waals surface area contributed by atoms with Gasteiger partial charge in [0.25, 0.3) is 0 Å². The third-order valence-electron chi connectivity index (χ3n) is 4.90. The summed E-state index contributed by atoms with van der Waals surface area (Å²) in [5.41, 5.74) is 4.79. The molecule has 0 spiro atoms. The van der Waals surface area contributed by atoms with Gasteiger partial charge in [0.1, 0.15) is 0 Å². The highest BCUT2D eigenvalue weighted by molar-refractivity contribution is 7.59. The molecule has 1 aliphatic heterocycles. The van der Waals surface area contributed by atoms with Crippen molar-refractivity contribution in [2.45, 2.75) is 12.6 Å². The number of benzene rings is 3. The van der Waals surface area contributed by atoms with Crippen molar-refractivity contribution in [3.05, 3.63) is 96.1 Å². The zero-order valence-electron chi connectivity index (χ0n) is 17.1. The highest BCUT2D eigenvalue weighted by atomic mass is 31.2. The van der Waals surface area contributed by atoms with E-state index in [0.29, 0.717) is 25.1 Å². The fourth-order valence-corrected chi connectivity index (χ4v) is 5.09. The second-order valence-electron chi connectivity index (χ2n) is 7.33. The molecule has 0 aliphatic carbocycles. The molecule has 1 aliphatic rings. The lowest BCUT2D eigenvalue weighted by Gasteiger charge is -2.32. The van der Waals surface area contributed by atoms with Gasteiger partial charge < -0.3 is 19.3 Å². The molecule has 31 heavy (non-hydrogen) atoms. The Labute approximate surface area is 182 Å². The van der Waals surface area contributed by atoms with E-state index >= 15 is 0 Å². The summed E-state index contributed by atoms with van der Waals surface area (Å²) in [4.78, 5) is 22.7. The van der Waals surface area contributed by atoms with Crippen molar-refractivity contribution in [1.29, 1.82) is 0 Å². The molecule has 3 aromatic rings. The summed E-state index contributed by atoms with van der Waals surface area (Å²) in [5.74, 6) is -0.206. The zero-order valence-corrected chi connectivity index (χ0v) is 18.0. The Balaban J connectivity index is 1.35. The van der Waals surface area contributed by atoms with E-state index in [2.05, 4.69) is 29.6 Å². The summed E-state index contributed by atoms with van der Waals surface area (Å²) >= 11 is 0. The van der Waals surface area contributed by atoms with Gasteiger partial charge in [-0.3, -0.25) is 4.79 Å². The monoisotopic (exact) mass is 434 g/mol. The number of hydrogen-bond donors (Lipinski definition) is 2. The van der Waals surface area contributed by atoms with Crippen LogP contribution in [-0.2, 0) is 20.0 Å². The maximum absolute atomic E-state index is 12.3. The molecule has 6 heteroatoms. The van der Waals surface area contributed by atoms with Crippen LogP contribution in [0.15, 0.2) is 84.9 Å². The van der Waals surface area contributed by atoms with Gasteiger partial charge in [-0.15, -0.1) is 0 Å². The van der Waals surface area contributed by atoms with E-state index in [-0.39, 0.29) is 5.91 Å². The van der Waals surface area contributed by atoms with Crippen molar-refractivity contribution in [1.82, 2.24) is 0 Å². The molecular formula is C25H25NO4P. The Morgan fingerprint density at radius 2 is 1.65 bits per heavy atom. The van der Waals surface area contributed by atoms with Crippen LogP contribution in [0.25, 0.3) is 17.2 Å². The van der Waals surface area contributed by atoms with Crippen LogP contribution in [0.1, 0.15) is 17.5 Å². The van der Waals surface area contributed by atoms with Gasteiger partial charge in [0.05, 0.1) is 19.4 Å². The van der Waals surface area contributed by atoms with Crippen molar-refractivity contribution in [2.24, 2.45) is 0 Å². The van der Waals surface area contributed by atoms with Crippen LogP contribution in [0.3, 0.4) is 0 Å². The van der Waals surface area contributed by atoms with Gasteiger partial charge in [0, 0.05) is 11.8 Å². The minimum Gasteiger partial charge on any atom is -0.335 e. The van der Waals surface area contributed by atoms with E-state index in [9.17, 15) is 9.69 Å². The van der Waals surface area contributed by atoms with E-state index in [1.807, 2.05) is 54.6 Å². The first-order chi connectivity index (χ1) is 15.1. The molecule has 5 nitrogen and oxygen atoms in total. The van der Waals surface area contributed by atoms with Crippen molar-refractivity contribution in [3.8, 4) is 11.1 Å². The Hall–Kier alpha value is -2.82. The lowest BCUT2D eigenvalue weighted by atomic mass is 10.0. The van der Waals surface area contributed by atoms with Gasteiger partial charge in [-0.05, 0) is 52.9 Å². The van der Waals surface area contributed by atoms with Crippen molar-refractivity contribution in [2.75, 3.05) is 18.5 Å². The third kappa shape index (κ3) is 6.09. The fourth-order valence-electron chi connectivity index (χ4n) is 3.33. The normalized spacial score (nSPS) is 15.6. The molecule has 0 unspecified atom stereocenters. The minimum atomic E-state index is -2.80. The molecule has 0 atom stereocenters. The second kappa shape index (κ2) is 9.99. The van der Waals surface area contributed by atoms with E-state index < -0.39 is 7.94 Å². The van der Waals surface area contributed by atoms with Gasteiger partial charge in [-0.1, -0.05) is 60.7 Å². The number of anilines is 1. The topological polar surface area (TPSA) is 67.8 Å². The number of hydrogen-bond acceptors (Lipinski definition) is 4. The van der Waals surface area contributed by atoms with Gasteiger partial charge in [-0.25, -0.2) is 0 Å². The van der Waals surface area contributed by atoms with Crippen molar-refractivity contribution < 1.29 is 18.7 Å². The Kier molecular flexibility index (Phi) is 6.90. The molecule has 1 radical (unpaired) electrons. The largest absolute Gasteiger partial charge is 0.335 e. The maximum Gasteiger partial charge on any atom is 0.248 e. The third-order valence-corrected chi connectivity index (χ3v) is 6.84. The van der Waals surface area contributed by atoms with Crippen LogP contribution in [0.5, 0.6) is 0 Å². The predicted octanol–water partition coefficient (Wildman–Crippen LogP) is 5.70. The number of carbonyl (C=O) groups excluding carboxylic acids is 1. The Morgan fingerprint density at radius 1 is 0.935 bits per heavy atom. The number of nitrogens with one attached hydrogen (secondary N) is 1. The number of rotatable bonds is 6. The molecule has 0 aromatic heterocycles. The molecule has 1 saturated heterocycles. The van der Waals surface area contributed by atoms with Crippen LogP contribution in [0.4, 0.5) is 5.69 Å². The molecule has 2 N–H and O–H groups in total. The smallest absolute Gasteiger partial charge is 0.248 e. The molecule has 1 fully saturated rings. The molecule has 1 amide bonds. The molecule has 0 saturated carbocycles. The van der Waals surface area contributed by atoms with E-state index in [4.69, 9.17) is 9.05 Å². The molecular weight excluding hydrogens is 409 g/mol. The number of amides is 1. The summed E-state index contributed by atoms with van der Waals surface area (Å²) in [6.45, 7) is 1.05. The lowest BCUT2D eigenvalue weighted by molar-refractivity contribution is -0.111. The molecule has 0 bridgehead atoms. The van der Waals surface area contributed by atoms with Crippen molar-refractivity contribution >= 4 is 25.6 Å². The molecule has 159 valence electrons. The highest BCUT2D eigenvalue weighted by Crippen LogP contribution is 2.61. The van der Waals surface area contributed by atoms with Crippen LogP contribution < -0.4 is 5.32 Å². The summed E-state index contributed by atoms with van der Waals surface area (Å²) in [5, 5.41) is 2.86. The van der Waals surface area contributed by atoms with Crippen molar-refractivity contribution in [3.63, 3.8) is 0 Å². The van der Waals surface area contributed by atoms with E-state index in [1.54, 1.807) is 6.08 Å². The highest BCUT2D eigenvalue weighted by Gasteiger charge is 2.30. The first-order valence-electron chi connectivity index (χ1n) is 10.2. The Morgan fingerprint density at radius 3 is 2.39 bits per heavy atom. The van der Waals surface area contributed by atoms with Gasteiger partial charge >= 0.3 is 0 Å². The molecule has 3 aromatic carbocycles. The zero-order chi connectivity index (χ0) is 21.5. The van der Waals surface area contributed by atoms with Gasteiger partial charge in [0.2, 0.25) is 13.9 Å². The SMILES string of the molecule is O=C(C=Cc1cccc(-c2ccccc2)c1)Nc1ccc(C[P]2(O)OCCCO2)cc1. The lowest BCUT2D eigenvalue weighted by Crippen LogP contribution is -2.14. The molecule has 1 heterocycles. The maximum atomic E-state index is 12.3. The summed E-state index contributed by atoms with van der Waals surface area (Å²) < 4.78 is 10.9. The second-order valence-corrected chi connectivity index (χ2v) is 9.43. The van der Waals surface area contributed by atoms with Crippen LogP contribution in [0, 0.1) is 0 Å². The summed E-state index contributed by atoms with van der Waals surface area (Å²) in [7, 11) is -2.80. The summed E-state index contributed by atoms with van der Waals surface area (Å²) in [6.07, 6.45) is 4.47. The standard InChI is InChI=1S/C25H25NO4P/c27-25(15-12-20-6-4-9-23(18-20)22-7-2-1-3-8-22)26-24-13-10-21(11-14-24)19-31(28)29-16-5-17-30-31/h1-4,6-15,18,28H,5,16-17,19H2,(H,26,27).